The molecule has 0 bridgehead atoms. The van der Waals surface area contributed by atoms with Crippen molar-refractivity contribution in [3.8, 4) is 0 Å². The summed E-state index contributed by atoms with van der Waals surface area (Å²) in [4.78, 5) is 11.7. The Bertz CT molecular complexity index is 229. The first-order chi connectivity index (χ1) is 7.38. The molecule has 0 unspecified atom stereocenters. The molecule has 1 heterocycles. The van der Waals surface area contributed by atoms with Crippen molar-refractivity contribution >= 4 is 5.97 Å². The van der Waals surface area contributed by atoms with Gasteiger partial charge in [0.25, 0.3) is 0 Å². The van der Waals surface area contributed by atoms with E-state index in [1.54, 1.807) is 0 Å². The van der Waals surface area contributed by atoms with E-state index >= 15 is 0 Å². The molecule has 94 valence electrons. The molecule has 1 rings (SSSR count). The van der Waals surface area contributed by atoms with Gasteiger partial charge in [0.05, 0.1) is 0 Å². The van der Waals surface area contributed by atoms with E-state index in [9.17, 15) is 4.79 Å². The van der Waals surface area contributed by atoms with Crippen LogP contribution in [0, 0.1) is 0 Å². The molecule has 0 aromatic heterocycles. The van der Waals surface area contributed by atoms with Crippen molar-refractivity contribution in [2.45, 2.75) is 58.2 Å². The summed E-state index contributed by atoms with van der Waals surface area (Å²) in [6.45, 7) is 9.05. The van der Waals surface area contributed by atoms with Crippen molar-refractivity contribution in [1.29, 1.82) is 0 Å². The normalized spacial score (nSPS) is 20.5. The van der Waals surface area contributed by atoms with Gasteiger partial charge in [0, 0.05) is 19.3 Å². The third-order valence-electron chi connectivity index (χ3n) is 2.47. The first-order valence-corrected chi connectivity index (χ1v) is 5.95. The average Bonchev–Trinajstić information content (AvgIpc) is 2.16. The molecule has 1 N–H and O–H groups in total. The van der Waals surface area contributed by atoms with E-state index in [0.29, 0.717) is 6.04 Å². The molecular weight excluding hydrogens is 206 g/mol. The molecule has 0 saturated carbocycles. The number of hydrogen-bond acceptors (Lipinski definition) is 4. The Morgan fingerprint density at radius 3 is 2.44 bits per heavy atom. The van der Waals surface area contributed by atoms with Crippen LogP contribution in [0.5, 0.6) is 0 Å². The predicted molar refractivity (Wildman–Crippen MR) is 62.3 cm³/mol. The second-order valence-electron chi connectivity index (χ2n) is 5.31. The van der Waals surface area contributed by atoms with Gasteiger partial charge < -0.3 is 14.8 Å². The Morgan fingerprint density at radius 2 is 1.94 bits per heavy atom. The first kappa shape index (κ1) is 13.5. The highest BCUT2D eigenvalue weighted by atomic mass is 16.6. The quantitative estimate of drug-likeness (QED) is 0.745. The van der Waals surface area contributed by atoms with E-state index in [1.807, 2.05) is 27.7 Å². The third-order valence-corrected chi connectivity index (χ3v) is 2.47. The van der Waals surface area contributed by atoms with Crippen LogP contribution in [0.25, 0.3) is 0 Å². The van der Waals surface area contributed by atoms with Gasteiger partial charge in [-0.15, -0.1) is 0 Å². The molecule has 1 aliphatic rings. The smallest absolute Gasteiger partial charge is 0.323 e. The van der Waals surface area contributed by atoms with Crippen molar-refractivity contribution in [2.24, 2.45) is 0 Å². The topological polar surface area (TPSA) is 47.6 Å². The van der Waals surface area contributed by atoms with E-state index < -0.39 is 5.60 Å². The molecule has 16 heavy (non-hydrogen) atoms. The summed E-state index contributed by atoms with van der Waals surface area (Å²) in [6.07, 6.45) is 1.93. The molecule has 0 spiro atoms. The zero-order valence-corrected chi connectivity index (χ0v) is 10.7. The lowest BCUT2D eigenvalue weighted by molar-refractivity contribution is -0.157. The zero-order chi connectivity index (χ0) is 12.2. The van der Waals surface area contributed by atoms with Crippen LogP contribution in [0.2, 0.25) is 0 Å². The number of hydrogen-bond donors (Lipinski definition) is 1. The molecule has 0 aromatic carbocycles. The van der Waals surface area contributed by atoms with Gasteiger partial charge in [-0.05, 0) is 40.5 Å². The number of ether oxygens (including phenoxy) is 2. The van der Waals surface area contributed by atoms with Gasteiger partial charge in [0.15, 0.2) is 0 Å². The van der Waals surface area contributed by atoms with Crippen LogP contribution in [-0.4, -0.2) is 36.9 Å². The van der Waals surface area contributed by atoms with Crippen LogP contribution in [0.15, 0.2) is 0 Å². The van der Waals surface area contributed by atoms with Gasteiger partial charge in [-0.25, -0.2) is 0 Å². The molecular formula is C12H23NO3. The third kappa shape index (κ3) is 4.94. The Labute approximate surface area is 97.7 Å². The minimum Gasteiger partial charge on any atom is -0.459 e. The highest BCUT2D eigenvalue weighted by Gasteiger charge is 2.24. The minimum absolute atomic E-state index is 0.181. The van der Waals surface area contributed by atoms with Gasteiger partial charge in [-0.3, -0.25) is 4.79 Å². The summed E-state index contributed by atoms with van der Waals surface area (Å²) in [5.41, 5.74) is -0.414. The Hall–Kier alpha value is -0.610. The lowest BCUT2D eigenvalue weighted by Crippen LogP contribution is -2.46. The molecule has 1 fully saturated rings. The lowest BCUT2D eigenvalue weighted by atomic mass is 10.1. The molecule has 0 radical (unpaired) electrons. The van der Waals surface area contributed by atoms with Gasteiger partial charge in [-0.2, -0.15) is 0 Å². The largest absolute Gasteiger partial charge is 0.459 e. The van der Waals surface area contributed by atoms with Crippen molar-refractivity contribution in [1.82, 2.24) is 5.32 Å². The number of nitrogens with one attached hydrogen (secondary N) is 1. The van der Waals surface area contributed by atoms with E-state index in [1.165, 1.54) is 0 Å². The van der Waals surface area contributed by atoms with Crippen molar-refractivity contribution in [2.75, 3.05) is 13.2 Å². The Morgan fingerprint density at radius 1 is 1.38 bits per heavy atom. The molecule has 0 aromatic rings. The van der Waals surface area contributed by atoms with Crippen molar-refractivity contribution in [3.63, 3.8) is 0 Å². The monoisotopic (exact) mass is 229 g/mol. The van der Waals surface area contributed by atoms with Crippen LogP contribution in [-0.2, 0) is 14.3 Å². The standard InChI is InChI=1S/C12H23NO3/c1-9(11(14)16-12(2,3)4)13-10-5-7-15-8-6-10/h9-10,13H,5-8H2,1-4H3/t9-/m1/s1. The van der Waals surface area contributed by atoms with Crippen LogP contribution in [0.3, 0.4) is 0 Å². The molecule has 0 aliphatic carbocycles. The summed E-state index contributed by atoms with van der Waals surface area (Å²) >= 11 is 0. The van der Waals surface area contributed by atoms with Gasteiger partial charge in [-0.1, -0.05) is 0 Å². The SMILES string of the molecule is C[C@@H](NC1CCOCC1)C(=O)OC(C)(C)C. The van der Waals surface area contributed by atoms with Crippen LogP contribution < -0.4 is 5.32 Å². The Balaban J connectivity index is 2.33. The van der Waals surface area contributed by atoms with Crippen molar-refractivity contribution < 1.29 is 14.3 Å². The maximum Gasteiger partial charge on any atom is 0.323 e. The zero-order valence-electron chi connectivity index (χ0n) is 10.7. The maximum absolute atomic E-state index is 11.7. The maximum atomic E-state index is 11.7. The minimum atomic E-state index is -0.414. The molecule has 4 heteroatoms. The second-order valence-corrected chi connectivity index (χ2v) is 5.31. The number of carbonyl (C=O) groups excluding carboxylic acids is 1. The summed E-state index contributed by atoms with van der Waals surface area (Å²) in [5.74, 6) is -0.181. The number of carbonyl (C=O) groups is 1. The molecule has 0 amide bonds. The fourth-order valence-corrected chi connectivity index (χ4v) is 1.68. The molecule has 1 atom stereocenters. The van der Waals surface area contributed by atoms with Crippen LogP contribution in [0.1, 0.15) is 40.5 Å². The van der Waals surface area contributed by atoms with E-state index in [0.717, 1.165) is 26.1 Å². The number of rotatable bonds is 3. The molecule has 1 aliphatic heterocycles. The van der Waals surface area contributed by atoms with Crippen LogP contribution >= 0.6 is 0 Å². The van der Waals surface area contributed by atoms with Crippen molar-refractivity contribution in [3.05, 3.63) is 0 Å². The highest BCUT2D eigenvalue weighted by Crippen LogP contribution is 2.11. The Kier molecular flexibility index (Phi) is 4.74. The van der Waals surface area contributed by atoms with Crippen LogP contribution in [0.4, 0.5) is 0 Å². The number of esters is 1. The summed E-state index contributed by atoms with van der Waals surface area (Å²) < 4.78 is 10.6. The highest BCUT2D eigenvalue weighted by molar-refractivity contribution is 5.75. The summed E-state index contributed by atoms with van der Waals surface area (Å²) in [7, 11) is 0. The average molecular weight is 229 g/mol. The summed E-state index contributed by atoms with van der Waals surface area (Å²) in [5, 5.41) is 3.29. The lowest BCUT2D eigenvalue weighted by Gasteiger charge is -2.28. The predicted octanol–water partition coefficient (Wildman–Crippen LogP) is 1.49. The van der Waals surface area contributed by atoms with Gasteiger partial charge in [0.1, 0.15) is 11.6 Å². The first-order valence-electron chi connectivity index (χ1n) is 5.95. The fourth-order valence-electron chi connectivity index (χ4n) is 1.68. The fraction of sp³-hybridized carbons (Fsp3) is 0.917. The van der Waals surface area contributed by atoms with E-state index in [2.05, 4.69) is 5.32 Å². The van der Waals surface area contributed by atoms with E-state index in [-0.39, 0.29) is 12.0 Å². The van der Waals surface area contributed by atoms with Gasteiger partial charge in [0.2, 0.25) is 0 Å². The molecule has 1 saturated heterocycles. The molecule has 4 nitrogen and oxygen atoms in total. The van der Waals surface area contributed by atoms with E-state index in [4.69, 9.17) is 9.47 Å². The second kappa shape index (κ2) is 5.64. The van der Waals surface area contributed by atoms with Gasteiger partial charge >= 0.3 is 5.97 Å². The summed E-state index contributed by atoms with van der Waals surface area (Å²) in [6, 6.07) is 0.124.